The van der Waals surface area contributed by atoms with Gasteiger partial charge >= 0.3 is 0 Å². The van der Waals surface area contributed by atoms with Gasteiger partial charge in [-0.25, -0.2) is 4.98 Å². The van der Waals surface area contributed by atoms with Gasteiger partial charge in [-0.05, 0) is 67.2 Å². The Morgan fingerprint density at radius 3 is 2.12 bits per heavy atom. The van der Waals surface area contributed by atoms with Gasteiger partial charge in [0.15, 0.2) is 5.16 Å². The third-order valence-electron chi connectivity index (χ3n) is 6.74. The molecule has 0 spiro atoms. The fourth-order valence-corrected chi connectivity index (χ4v) is 6.11. The second-order valence-corrected chi connectivity index (χ2v) is 10.8. The van der Waals surface area contributed by atoms with Crippen molar-refractivity contribution in [2.24, 2.45) is 0 Å². The molecular weight excluding hydrogens is 485 g/mol. The van der Waals surface area contributed by atoms with Crippen LogP contribution in [0.25, 0.3) is 5.57 Å². The van der Waals surface area contributed by atoms with E-state index in [1.54, 1.807) is 11.8 Å². The molecule has 3 heterocycles. The molecule has 0 amide bonds. The van der Waals surface area contributed by atoms with E-state index in [2.05, 4.69) is 34.1 Å². The van der Waals surface area contributed by atoms with E-state index >= 15 is 0 Å². The highest BCUT2D eigenvalue weighted by atomic mass is 35.5. The van der Waals surface area contributed by atoms with E-state index in [-0.39, 0.29) is 5.56 Å². The number of hydrogen-bond donors (Lipinski definition) is 0. The molecule has 1 aromatic heterocycles. The van der Waals surface area contributed by atoms with Gasteiger partial charge in [0.05, 0.1) is 0 Å². The number of piperidine rings is 1. The minimum Gasteiger partial charge on any atom is -0.302 e. The van der Waals surface area contributed by atoms with Gasteiger partial charge in [-0.1, -0.05) is 64.8 Å². The van der Waals surface area contributed by atoms with Crippen molar-refractivity contribution in [2.45, 2.75) is 37.9 Å². The van der Waals surface area contributed by atoms with Gasteiger partial charge in [0.25, 0.3) is 5.56 Å². The summed E-state index contributed by atoms with van der Waals surface area (Å²) in [5, 5.41) is 2.35. The van der Waals surface area contributed by atoms with Gasteiger partial charge in [-0.15, -0.1) is 0 Å². The van der Waals surface area contributed by atoms with Gasteiger partial charge in [-0.3, -0.25) is 9.36 Å². The maximum absolute atomic E-state index is 12.9. The molecule has 0 aliphatic carbocycles. The van der Waals surface area contributed by atoms with Crippen LogP contribution in [0.1, 0.15) is 35.2 Å². The van der Waals surface area contributed by atoms with Crippen molar-refractivity contribution < 1.29 is 0 Å². The molecule has 0 radical (unpaired) electrons. The predicted molar refractivity (Wildman–Crippen MR) is 142 cm³/mol. The lowest BCUT2D eigenvalue weighted by atomic mass is 9.88. The minimum absolute atomic E-state index is 0.151. The first-order valence-electron chi connectivity index (χ1n) is 11.7. The van der Waals surface area contributed by atoms with Crippen molar-refractivity contribution >= 4 is 40.5 Å². The second-order valence-electron chi connectivity index (χ2n) is 8.85. The smallest absolute Gasteiger partial charge is 0.257 e. The first-order chi connectivity index (χ1) is 16.5. The summed E-state index contributed by atoms with van der Waals surface area (Å²) in [4.78, 5) is 20.1. The number of fused-ring (bicyclic) bond motifs is 1. The number of likely N-dealkylation sites (tertiary alicyclic amines) is 1. The summed E-state index contributed by atoms with van der Waals surface area (Å²) in [5.74, 6) is 0.940. The molecule has 7 heteroatoms. The summed E-state index contributed by atoms with van der Waals surface area (Å²) in [7, 11) is 0. The number of aromatic nitrogens is 2. The molecule has 0 N–H and O–H groups in total. The molecule has 0 atom stereocenters. The SMILES string of the molecule is Cc1nc2n(c(=O)c1CCN1CCC(=C(c3ccc(Cl)cc3)c3ccc(Cl)cc3)CC1)CCS2. The third-order valence-corrected chi connectivity index (χ3v) is 8.20. The highest BCUT2D eigenvalue weighted by Crippen LogP contribution is 2.33. The molecule has 0 bridgehead atoms. The van der Waals surface area contributed by atoms with E-state index in [1.807, 2.05) is 35.8 Å². The Hall–Kier alpha value is -2.05. The van der Waals surface area contributed by atoms with Crippen molar-refractivity contribution in [2.75, 3.05) is 25.4 Å². The number of thioether (sulfide) groups is 1. The predicted octanol–water partition coefficient (Wildman–Crippen LogP) is 6.10. The molecule has 1 fully saturated rings. The van der Waals surface area contributed by atoms with E-state index < -0.39 is 0 Å². The fraction of sp³-hybridized carbons (Fsp3) is 0.333. The monoisotopic (exact) mass is 511 g/mol. The van der Waals surface area contributed by atoms with Crippen molar-refractivity contribution in [3.63, 3.8) is 0 Å². The topological polar surface area (TPSA) is 38.1 Å². The fourth-order valence-electron chi connectivity index (χ4n) is 4.87. The highest BCUT2D eigenvalue weighted by molar-refractivity contribution is 7.99. The molecule has 34 heavy (non-hydrogen) atoms. The van der Waals surface area contributed by atoms with Crippen LogP contribution < -0.4 is 5.56 Å². The zero-order valence-corrected chi connectivity index (χ0v) is 21.5. The molecule has 2 aliphatic heterocycles. The number of hydrogen-bond acceptors (Lipinski definition) is 4. The summed E-state index contributed by atoms with van der Waals surface area (Å²) in [6.45, 7) is 5.59. The van der Waals surface area contributed by atoms with Crippen molar-refractivity contribution in [3.05, 3.63) is 96.9 Å². The first kappa shape index (κ1) is 23.7. The Morgan fingerprint density at radius 2 is 1.53 bits per heavy atom. The molecule has 176 valence electrons. The molecule has 5 rings (SSSR count). The number of aryl methyl sites for hydroxylation is 1. The van der Waals surface area contributed by atoms with Gasteiger partial charge < -0.3 is 4.90 Å². The minimum atomic E-state index is 0.151. The summed E-state index contributed by atoms with van der Waals surface area (Å²) in [5.41, 5.74) is 7.00. The molecule has 2 aliphatic rings. The van der Waals surface area contributed by atoms with Gasteiger partial charge in [0.2, 0.25) is 0 Å². The van der Waals surface area contributed by atoms with Crippen LogP contribution in [0.2, 0.25) is 10.0 Å². The zero-order chi connectivity index (χ0) is 23.7. The van der Waals surface area contributed by atoms with Crippen molar-refractivity contribution in [1.82, 2.24) is 14.5 Å². The van der Waals surface area contributed by atoms with Gasteiger partial charge in [0.1, 0.15) is 0 Å². The Morgan fingerprint density at radius 1 is 0.941 bits per heavy atom. The molecule has 3 aromatic rings. The van der Waals surface area contributed by atoms with Crippen LogP contribution in [0, 0.1) is 6.92 Å². The lowest BCUT2D eigenvalue weighted by Gasteiger charge is -2.30. The Bertz CT molecular complexity index is 1230. The first-order valence-corrected chi connectivity index (χ1v) is 13.4. The normalized spacial score (nSPS) is 16.0. The Kier molecular flexibility index (Phi) is 7.16. The molecule has 0 saturated carbocycles. The number of benzene rings is 2. The maximum atomic E-state index is 12.9. The van der Waals surface area contributed by atoms with Crippen LogP contribution in [0.15, 0.2) is 64.1 Å². The van der Waals surface area contributed by atoms with E-state index in [0.717, 1.165) is 77.7 Å². The molecule has 0 unspecified atom stereocenters. The summed E-state index contributed by atoms with van der Waals surface area (Å²) < 4.78 is 1.84. The molecular formula is C27H27Cl2N3OS. The Balaban J connectivity index is 1.33. The maximum Gasteiger partial charge on any atom is 0.257 e. The second kappa shape index (κ2) is 10.3. The lowest BCUT2D eigenvalue weighted by molar-refractivity contribution is 0.259. The number of rotatable bonds is 5. The molecule has 2 aromatic carbocycles. The quantitative estimate of drug-likeness (QED) is 0.387. The summed E-state index contributed by atoms with van der Waals surface area (Å²) in [6.07, 6.45) is 2.75. The average molecular weight is 513 g/mol. The lowest BCUT2D eigenvalue weighted by Crippen LogP contribution is -2.35. The zero-order valence-electron chi connectivity index (χ0n) is 19.2. The van der Waals surface area contributed by atoms with Crippen molar-refractivity contribution in [3.8, 4) is 0 Å². The number of halogens is 2. The third kappa shape index (κ3) is 4.99. The van der Waals surface area contributed by atoms with Gasteiger partial charge in [-0.2, -0.15) is 0 Å². The van der Waals surface area contributed by atoms with E-state index in [4.69, 9.17) is 23.2 Å². The van der Waals surface area contributed by atoms with Crippen LogP contribution >= 0.6 is 35.0 Å². The average Bonchev–Trinajstić information content (AvgIpc) is 3.31. The van der Waals surface area contributed by atoms with Crippen LogP contribution in [0.3, 0.4) is 0 Å². The van der Waals surface area contributed by atoms with Crippen LogP contribution in [0.4, 0.5) is 0 Å². The van der Waals surface area contributed by atoms with Crippen LogP contribution in [-0.4, -0.2) is 39.8 Å². The molecule has 1 saturated heterocycles. The van der Waals surface area contributed by atoms with Crippen LogP contribution in [0.5, 0.6) is 0 Å². The van der Waals surface area contributed by atoms with Crippen molar-refractivity contribution in [1.29, 1.82) is 0 Å². The molecule has 4 nitrogen and oxygen atoms in total. The summed E-state index contributed by atoms with van der Waals surface area (Å²) >= 11 is 14.0. The number of nitrogens with zero attached hydrogens (tertiary/aromatic N) is 3. The Labute approximate surface area is 214 Å². The largest absolute Gasteiger partial charge is 0.302 e. The standard InChI is InChI=1S/C27H27Cl2N3OS/c1-18-24(26(33)32-16-17-34-27(32)30-18)12-15-31-13-10-21(11-14-31)25(19-2-6-22(28)7-3-19)20-4-8-23(29)9-5-20/h2-9H,10-17H2,1H3. The van der Waals surface area contributed by atoms with E-state index in [1.165, 1.54) is 22.3 Å². The van der Waals surface area contributed by atoms with Gasteiger partial charge in [0, 0.05) is 53.2 Å². The van der Waals surface area contributed by atoms with Crippen LogP contribution in [-0.2, 0) is 13.0 Å². The van der Waals surface area contributed by atoms with E-state index in [9.17, 15) is 4.79 Å². The van der Waals surface area contributed by atoms with E-state index in [0.29, 0.717) is 0 Å². The summed E-state index contributed by atoms with van der Waals surface area (Å²) in [6, 6.07) is 16.2. The highest BCUT2D eigenvalue weighted by Gasteiger charge is 2.22.